The summed E-state index contributed by atoms with van der Waals surface area (Å²) < 4.78 is 45.6. The third kappa shape index (κ3) is 6.09. The lowest BCUT2D eigenvalue weighted by atomic mass is 10.2. The van der Waals surface area contributed by atoms with Crippen molar-refractivity contribution in [3.05, 3.63) is 74.0 Å². The number of nitrogens with one attached hydrogen (secondary N) is 1. The number of carbonyl (C=O) groups excluding carboxylic acids is 1. The fraction of sp³-hybridized carbons (Fsp3) is 0.238. The molecule has 1 heterocycles. The van der Waals surface area contributed by atoms with E-state index in [1.165, 1.54) is 25.1 Å². The van der Waals surface area contributed by atoms with Crippen LogP contribution >= 0.6 is 15.9 Å². The Bertz CT molecular complexity index is 1210. The second-order valence-corrected chi connectivity index (χ2v) is 7.95. The minimum Gasteiger partial charge on any atom is -0.457 e. The van der Waals surface area contributed by atoms with Crippen molar-refractivity contribution in [1.82, 2.24) is 9.78 Å². The number of hydrogen-bond acceptors (Lipinski definition) is 5. The van der Waals surface area contributed by atoms with E-state index in [4.69, 9.17) is 4.74 Å². The summed E-state index contributed by atoms with van der Waals surface area (Å²) in [6.45, 7) is 3.19. The molecule has 33 heavy (non-hydrogen) atoms. The quantitative estimate of drug-likeness (QED) is 0.300. The van der Waals surface area contributed by atoms with Gasteiger partial charge in [0.2, 0.25) is 5.91 Å². The largest absolute Gasteiger partial charge is 0.457 e. The molecule has 3 aromatic rings. The standard InChI is InChI=1S/C21H18BrF3N4O4/c1-12-4-3-5-16(8-12)33-17-10-14(9-15(11-17)29(31)32)26-18(30)6-7-28-13(2)19(22)20(27-28)21(23,24)25/h3-5,8-11H,6-7H2,1-2H3,(H,26,30). The van der Waals surface area contributed by atoms with Crippen molar-refractivity contribution in [2.75, 3.05) is 5.32 Å². The lowest BCUT2D eigenvalue weighted by Gasteiger charge is -2.10. The molecule has 0 aliphatic rings. The summed E-state index contributed by atoms with van der Waals surface area (Å²) in [6, 6.07) is 10.9. The highest BCUT2D eigenvalue weighted by Crippen LogP contribution is 2.35. The molecule has 0 spiro atoms. The Kier molecular flexibility index (Phi) is 7.06. The van der Waals surface area contributed by atoms with E-state index >= 15 is 0 Å². The number of aryl methyl sites for hydroxylation is 2. The lowest BCUT2D eigenvalue weighted by Crippen LogP contribution is -2.16. The molecule has 0 aliphatic carbocycles. The van der Waals surface area contributed by atoms with Crippen LogP contribution in [0.3, 0.4) is 0 Å². The van der Waals surface area contributed by atoms with E-state index in [9.17, 15) is 28.1 Å². The van der Waals surface area contributed by atoms with Gasteiger partial charge in [-0.25, -0.2) is 0 Å². The van der Waals surface area contributed by atoms with E-state index in [0.717, 1.165) is 10.2 Å². The van der Waals surface area contributed by atoms with Crippen molar-refractivity contribution in [2.45, 2.75) is 33.0 Å². The molecule has 0 saturated heterocycles. The molecule has 0 radical (unpaired) electrons. The summed E-state index contributed by atoms with van der Waals surface area (Å²) in [5.74, 6) is 0.0522. The molecule has 8 nitrogen and oxygen atoms in total. The van der Waals surface area contributed by atoms with Crippen molar-refractivity contribution in [1.29, 1.82) is 0 Å². The fourth-order valence-corrected chi connectivity index (χ4v) is 3.50. The molecule has 1 aromatic heterocycles. The van der Waals surface area contributed by atoms with E-state index < -0.39 is 22.7 Å². The Morgan fingerprint density at radius 3 is 2.55 bits per heavy atom. The zero-order valence-electron chi connectivity index (χ0n) is 17.4. The van der Waals surface area contributed by atoms with Gasteiger partial charge >= 0.3 is 6.18 Å². The third-order valence-corrected chi connectivity index (χ3v) is 5.51. The summed E-state index contributed by atoms with van der Waals surface area (Å²) >= 11 is 2.88. The van der Waals surface area contributed by atoms with Crippen molar-refractivity contribution < 1.29 is 27.6 Å². The van der Waals surface area contributed by atoms with Crippen LogP contribution in [0.2, 0.25) is 0 Å². The first-order chi connectivity index (χ1) is 15.4. The van der Waals surface area contributed by atoms with Gasteiger partial charge in [-0.05, 0) is 47.5 Å². The van der Waals surface area contributed by atoms with Gasteiger partial charge < -0.3 is 10.1 Å². The molecule has 3 rings (SSSR count). The van der Waals surface area contributed by atoms with Gasteiger partial charge in [-0.2, -0.15) is 18.3 Å². The molecule has 12 heteroatoms. The highest BCUT2D eigenvalue weighted by atomic mass is 79.9. The van der Waals surface area contributed by atoms with Crippen LogP contribution in [0.4, 0.5) is 24.5 Å². The average molecular weight is 527 g/mol. The van der Waals surface area contributed by atoms with E-state index in [1.807, 2.05) is 13.0 Å². The first-order valence-corrected chi connectivity index (χ1v) is 10.4. The number of nitro groups is 1. The highest BCUT2D eigenvalue weighted by Gasteiger charge is 2.37. The zero-order chi connectivity index (χ0) is 24.3. The molecule has 0 bridgehead atoms. The lowest BCUT2D eigenvalue weighted by molar-refractivity contribution is -0.384. The number of nitrogens with zero attached hydrogens (tertiary/aromatic N) is 3. The van der Waals surface area contributed by atoms with Crippen LogP contribution in [-0.4, -0.2) is 20.6 Å². The van der Waals surface area contributed by atoms with Gasteiger partial charge in [0.15, 0.2) is 5.69 Å². The van der Waals surface area contributed by atoms with E-state index in [2.05, 4.69) is 26.3 Å². The Balaban J connectivity index is 1.74. The number of carbonyl (C=O) groups is 1. The SMILES string of the molecule is Cc1cccc(Oc2cc(NC(=O)CCn3nc(C(F)(F)F)c(Br)c3C)cc([N+](=O)[O-])c2)c1. The van der Waals surface area contributed by atoms with Gasteiger partial charge in [0.1, 0.15) is 11.5 Å². The predicted molar refractivity (Wildman–Crippen MR) is 117 cm³/mol. The van der Waals surface area contributed by atoms with E-state index in [1.54, 1.807) is 18.2 Å². The minimum atomic E-state index is -4.63. The van der Waals surface area contributed by atoms with Crippen LogP contribution in [0.15, 0.2) is 46.9 Å². The number of anilines is 1. The number of rotatable bonds is 7. The van der Waals surface area contributed by atoms with Gasteiger partial charge in [-0.1, -0.05) is 12.1 Å². The molecular weight excluding hydrogens is 509 g/mol. The number of non-ortho nitro benzene ring substituents is 1. The molecule has 0 saturated carbocycles. The predicted octanol–water partition coefficient (Wildman–Crippen LogP) is 6.01. The molecule has 174 valence electrons. The molecule has 0 unspecified atom stereocenters. The topological polar surface area (TPSA) is 99.3 Å². The number of halogens is 4. The molecule has 1 N–H and O–H groups in total. The van der Waals surface area contributed by atoms with Crippen molar-refractivity contribution >= 4 is 33.2 Å². The summed E-state index contributed by atoms with van der Waals surface area (Å²) in [4.78, 5) is 23.1. The number of amides is 1. The molecule has 0 aliphatic heterocycles. The number of hydrogen-bond donors (Lipinski definition) is 1. The maximum absolute atomic E-state index is 13.0. The number of alkyl halides is 3. The van der Waals surface area contributed by atoms with Gasteiger partial charge in [0.05, 0.1) is 33.4 Å². The van der Waals surface area contributed by atoms with Crippen LogP contribution in [0.1, 0.15) is 23.4 Å². The second kappa shape index (κ2) is 9.61. The average Bonchev–Trinajstić information content (AvgIpc) is 3.00. The maximum atomic E-state index is 13.0. The minimum absolute atomic E-state index is 0.117. The highest BCUT2D eigenvalue weighted by molar-refractivity contribution is 9.10. The van der Waals surface area contributed by atoms with Gasteiger partial charge in [0, 0.05) is 18.6 Å². The Labute approximate surface area is 194 Å². The van der Waals surface area contributed by atoms with E-state index in [-0.39, 0.29) is 40.3 Å². The Morgan fingerprint density at radius 2 is 1.94 bits per heavy atom. The third-order valence-electron chi connectivity index (χ3n) is 4.56. The summed E-state index contributed by atoms with van der Waals surface area (Å²) in [5, 5.41) is 17.3. The molecular formula is C21H18BrF3N4O4. The molecule has 0 fully saturated rings. The number of ether oxygens (including phenoxy) is 1. The van der Waals surface area contributed by atoms with Crippen LogP contribution < -0.4 is 10.1 Å². The first kappa shape index (κ1) is 24.2. The summed E-state index contributed by atoms with van der Waals surface area (Å²) in [7, 11) is 0. The zero-order valence-corrected chi connectivity index (χ0v) is 19.0. The molecule has 1 amide bonds. The maximum Gasteiger partial charge on any atom is 0.436 e. The van der Waals surface area contributed by atoms with Crippen LogP contribution in [-0.2, 0) is 17.5 Å². The second-order valence-electron chi connectivity index (χ2n) is 7.16. The number of benzene rings is 2. The van der Waals surface area contributed by atoms with Crippen LogP contribution in [0, 0.1) is 24.0 Å². The van der Waals surface area contributed by atoms with E-state index in [0.29, 0.717) is 5.75 Å². The normalized spacial score (nSPS) is 11.3. The van der Waals surface area contributed by atoms with Gasteiger partial charge in [0.25, 0.3) is 5.69 Å². The van der Waals surface area contributed by atoms with Crippen LogP contribution in [0.25, 0.3) is 0 Å². The summed E-state index contributed by atoms with van der Waals surface area (Å²) in [5.41, 5.74) is -0.0969. The molecule has 2 aromatic carbocycles. The van der Waals surface area contributed by atoms with Crippen LogP contribution in [0.5, 0.6) is 11.5 Å². The van der Waals surface area contributed by atoms with Crippen molar-refractivity contribution in [2.24, 2.45) is 0 Å². The first-order valence-electron chi connectivity index (χ1n) is 9.58. The Morgan fingerprint density at radius 1 is 1.21 bits per heavy atom. The Hall–Kier alpha value is -3.41. The van der Waals surface area contributed by atoms with Crippen molar-refractivity contribution in [3.8, 4) is 11.5 Å². The van der Waals surface area contributed by atoms with Crippen molar-refractivity contribution in [3.63, 3.8) is 0 Å². The number of aromatic nitrogens is 2. The monoisotopic (exact) mass is 526 g/mol. The fourth-order valence-electron chi connectivity index (χ4n) is 2.99. The van der Waals surface area contributed by atoms with Gasteiger partial charge in [-0.15, -0.1) is 0 Å². The van der Waals surface area contributed by atoms with Gasteiger partial charge in [-0.3, -0.25) is 19.6 Å². The summed E-state index contributed by atoms with van der Waals surface area (Å²) in [6.07, 6.45) is -4.84. The molecule has 0 atom stereocenters. The number of nitro benzene ring substituents is 1. The smallest absolute Gasteiger partial charge is 0.436 e.